The standard InChI is InChI=1S/C15H21N3O2/c1-9-5-6-16-8-11(9)18-14(20)12-10(15(2,3)4)7-17-13(12)19/h5-6,8,10,12H,7H2,1-4H3,(H,17,19)(H,18,20). The third-order valence-electron chi connectivity index (χ3n) is 3.87. The van der Waals surface area contributed by atoms with Crippen molar-refractivity contribution in [2.24, 2.45) is 17.3 Å². The predicted octanol–water partition coefficient (Wildman–Crippen LogP) is 1.74. The van der Waals surface area contributed by atoms with Crippen molar-refractivity contribution >= 4 is 17.5 Å². The van der Waals surface area contributed by atoms with Gasteiger partial charge in [0.05, 0.1) is 11.9 Å². The smallest absolute Gasteiger partial charge is 0.237 e. The van der Waals surface area contributed by atoms with Crippen molar-refractivity contribution in [3.8, 4) is 0 Å². The van der Waals surface area contributed by atoms with E-state index in [4.69, 9.17) is 0 Å². The Morgan fingerprint density at radius 3 is 2.75 bits per heavy atom. The number of amides is 2. The van der Waals surface area contributed by atoms with Crippen LogP contribution in [0, 0.1) is 24.2 Å². The van der Waals surface area contributed by atoms with Crippen LogP contribution < -0.4 is 10.6 Å². The van der Waals surface area contributed by atoms with Crippen molar-refractivity contribution in [1.29, 1.82) is 0 Å². The van der Waals surface area contributed by atoms with Gasteiger partial charge in [0.25, 0.3) is 0 Å². The van der Waals surface area contributed by atoms with Crippen molar-refractivity contribution in [2.75, 3.05) is 11.9 Å². The zero-order chi connectivity index (χ0) is 14.9. The van der Waals surface area contributed by atoms with Gasteiger partial charge in [-0.15, -0.1) is 0 Å². The summed E-state index contributed by atoms with van der Waals surface area (Å²) >= 11 is 0. The van der Waals surface area contributed by atoms with E-state index in [0.29, 0.717) is 12.2 Å². The summed E-state index contributed by atoms with van der Waals surface area (Å²) in [6.45, 7) is 8.59. The number of rotatable bonds is 2. The first-order chi connectivity index (χ1) is 9.30. The summed E-state index contributed by atoms with van der Waals surface area (Å²) in [6, 6.07) is 1.82. The normalized spacial score (nSPS) is 22.5. The monoisotopic (exact) mass is 275 g/mol. The molecule has 2 atom stereocenters. The van der Waals surface area contributed by atoms with E-state index in [1.165, 1.54) is 0 Å². The number of nitrogens with one attached hydrogen (secondary N) is 2. The minimum absolute atomic E-state index is 0.00743. The van der Waals surface area contributed by atoms with Crippen LogP contribution in [0.25, 0.3) is 0 Å². The molecule has 0 spiro atoms. The lowest BCUT2D eigenvalue weighted by atomic mass is 9.74. The lowest BCUT2D eigenvalue weighted by Gasteiger charge is -2.29. The number of aromatic nitrogens is 1. The van der Waals surface area contributed by atoms with Gasteiger partial charge in [-0.05, 0) is 24.0 Å². The van der Waals surface area contributed by atoms with Gasteiger partial charge in [-0.2, -0.15) is 0 Å². The van der Waals surface area contributed by atoms with E-state index in [9.17, 15) is 9.59 Å². The Balaban J connectivity index is 2.19. The molecule has 20 heavy (non-hydrogen) atoms. The lowest BCUT2D eigenvalue weighted by Crippen LogP contribution is -2.37. The topological polar surface area (TPSA) is 71.1 Å². The van der Waals surface area contributed by atoms with Crippen LogP contribution in [0.3, 0.4) is 0 Å². The van der Waals surface area contributed by atoms with E-state index >= 15 is 0 Å². The summed E-state index contributed by atoms with van der Waals surface area (Å²) in [7, 11) is 0. The number of nitrogens with zero attached hydrogens (tertiary/aromatic N) is 1. The van der Waals surface area contributed by atoms with Gasteiger partial charge in [0, 0.05) is 18.7 Å². The maximum atomic E-state index is 12.4. The highest BCUT2D eigenvalue weighted by Gasteiger charge is 2.45. The van der Waals surface area contributed by atoms with Crippen LogP contribution in [0.4, 0.5) is 5.69 Å². The average Bonchev–Trinajstić information content (AvgIpc) is 2.74. The van der Waals surface area contributed by atoms with Crippen molar-refractivity contribution in [2.45, 2.75) is 27.7 Å². The van der Waals surface area contributed by atoms with Crippen LogP contribution in [0.15, 0.2) is 18.5 Å². The number of pyridine rings is 1. The SMILES string of the molecule is Cc1ccncc1NC(=O)C1C(=O)NCC1C(C)(C)C. The molecule has 2 amide bonds. The predicted molar refractivity (Wildman–Crippen MR) is 77.0 cm³/mol. The molecule has 0 radical (unpaired) electrons. The molecule has 1 aromatic rings. The number of aryl methyl sites for hydroxylation is 1. The molecule has 5 nitrogen and oxygen atoms in total. The van der Waals surface area contributed by atoms with Crippen LogP contribution in [0.5, 0.6) is 0 Å². The second-order valence-electron chi connectivity index (χ2n) is 6.38. The van der Waals surface area contributed by atoms with E-state index in [0.717, 1.165) is 5.56 Å². The molecule has 2 rings (SSSR count). The van der Waals surface area contributed by atoms with Gasteiger partial charge in [0.2, 0.25) is 11.8 Å². The minimum atomic E-state index is -0.644. The summed E-state index contributed by atoms with van der Waals surface area (Å²) in [6.07, 6.45) is 3.28. The van der Waals surface area contributed by atoms with Gasteiger partial charge in [-0.3, -0.25) is 14.6 Å². The molecular weight excluding hydrogens is 254 g/mol. The molecule has 1 aliphatic rings. The Kier molecular flexibility index (Phi) is 3.79. The summed E-state index contributed by atoms with van der Waals surface area (Å²) in [5.74, 6) is -1.10. The van der Waals surface area contributed by atoms with Crippen molar-refractivity contribution < 1.29 is 9.59 Å². The molecule has 5 heteroatoms. The van der Waals surface area contributed by atoms with E-state index in [1.807, 2.05) is 33.8 Å². The maximum Gasteiger partial charge on any atom is 0.237 e. The number of carbonyl (C=O) groups excluding carboxylic acids is 2. The third-order valence-corrected chi connectivity index (χ3v) is 3.87. The largest absolute Gasteiger partial charge is 0.355 e. The molecule has 0 saturated carbocycles. The fourth-order valence-electron chi connectivity index (χ4n) is 2.53. The van der Waals surface area contributed by atoms with E-state index in [2.05, 4.69) is 15.6 Å². The Hall–Kier alpha value is -1.91. The molecule has 2 N–H and O–H groups in total. The van der Waals surface area contributed by atoms with E-state index < -0.39 is 5.92 Å². The molecule has 1 saturated heterocycles. The highest BCUT2D eigenvalue weighted by Crippen LogP contribution is 2.35. The number of hydrogen-bond acceptors (Lipinski definition) is 3. The Labute approximate surface area is 119 Å². The first-order valence-electron chi connectivity index (χ1n) is 6.80. The number of hydrogen-bond donors (Lipinski definition) is 2. The number of carbonyl (C=O) groups is 2. The summed E-state index contributed by atoms with van der Waals surface area (Å²) < 4.78 is 0. The van der Waals surface area contributed by atoms with Crippen molar-refractivity contribution in [1.82, 2.24) is 10.3 Å². The summed E-state index contributed by atoms with van der Waals surface area (Å²) in [4.78, 5) is 28.4. The van der Waals surface area contributed by atoms with Crippen molar-refractivity contribution in [3.63, 3.8) is 0 Å². The molecule has 1 aromatic heterocycles. The molecule has 0 aromatic carbocycles. The first kappa shape index (κ1) is 14.5. The second kappa shape index (κ2) is 5.23. The average molecular weight is 275 g/mol. The molecule has 0 bridgehead atoms. The third kappa shape index (κ3) is 2.81. The highest BCUT2D eigenvalue weighted by atomic mass is 16.2. The van der Waals surface area contributed by atoms with Crippen LogP contribution >= 0.6 is 0 Å². The van der Waals surface area contributed by atoms with Crippen LogP contribution in [-0.2, 0) is 9.59 Å². The lowest BCUT2D eigenvalue weighted by molar-refractivity contribution is -0.132. The van der Waals surface area contributed by atoms with E-state index in [-0.39, 0.29) is 23.1 Å². The molecule has 2 heterocycles. The zero-order valence-corrected chi connectivity index (χ0v) is 12.4. The second-order valence-corrected chi connectivity index (χ2v) is 6.38. The molecule has 1 aliphatic heterocycles. The van der Waals surface area contributed by atoms with E-state index in [1.54, 1.807) is 12.4 Å². The summed E-state index contributed by atoms with van der Waals surface area (Å²) in [5.41, 5.74) is 1.48. The molecular formula is C15H21N3O2. The quantitative estimate of drug-likeness (QED) is 0.808. The minimum Gasteiger partial charge on any atom is -0.355 e. The first-order valence-corrected chi connectivity index (χ1v) is 6.80. The van der Waals surface area contributed by atoms with Gasteiger partial charge >= 0.3 is 0 Å². The van der Waals surface area contributed by atoms with Crippen LogP contribution in [0.2, 0.25) is 0 Å². The molecule has 1 fully saturated rings. The fraction of sp³-hybridized carbons (Fsp3) is 0.533. The Morgan fingerprint density at radius 2 is 2.15 bits per heavy atom. The van der Waals surface area contributed by atoms with Gasteiger partial charge in [0.15, 0.2) is 0 Å². The van der Waals surface area contributed by atoms with Gasteiger partial charge in [-0.25, -0.2) is 0 Å². The zero-order valence-electron chi connectivity index (χ0n) is 12.4. The van der Waals surface area contributed by atoms with Crippen LogP contribution in [0.1, 0.15) is 26.3 Å². The van der Waals surface area contributed by atoms with Gasteiger partial charge in [0.1, 0.15) is 5.92 Å². The van der Waals surface area contributed by atoms with Gasteiger partial charge < -0.3 is 10.6 Å². The van der Waals surface area contributed by atoms with Gasteiger partial charge in [-0.1, -0.05) is 20.8 Å². The fourth-order valence-corrected chi connectivity index (χ4v) is 2.53. The highest BCUT2D eigenvalue weighted by molar-refractivity contribution is 6.08. The molecule has 2 unspecified atom stereocenters. The molecule has 108 valence electrons. The number of anilines is 1. The van der Waals surface area contributed by atoms with Crippen molar-refractivity contribution in [3.05, 3.63) is 24.0 Å². The summed E-state index contributed by atoms with van der Waals surface area (Å²) in [5, 5.41) is 5.61. The maximum absolute atomic E-state index is 12.4. The Morgan fingerprint density at radius 1 is 1.45 bits per heavy atom. The Bertz CT molecular complexity index is 534. The van der Waals surface area contributed by atoms with Crippen LogP contribution in [-0.4, -0.2) is 23.3 Å². The molecule has 0 aliphatic carbocycles.